The predicted molar refractivity (Wildman–Crippen MR) is 95.6 cm³/mol. The average Bonchev–Trinajstić information content (AvgIpc) is 2.94. The van der Waals surface area contributed by atoms with Crippen LogP contribution in [-0.4, -0.2) is 53.9 Å². The van der Waals surface area contributed by atoms with Gasteiger partial charge in [-0.05, 0) is 38.5 Å². The van der Waals surface area contributed by atoms with Gasteiger partial charge in [0.25, 0.3) is 0 Å². The summed E-state index contributed by atoms with van der Waals surface area (Å²) in [7, 11) is 1.25. The Hall–Kier alpha value is -2.77. The Morgan fingerprint density at radius 2 is 2.00 bits per heavy atom. The lowest BCUT2D eigenvalue weighted by molar-refractivity contribution is -0.142. The minimum atomic E-state index is -0.900. The van der Waals surface area contributed by atoms with Gasteiger partial charge in [0.05, 0.1) is 20.1 Å². The van der Waals surface area contributed by atoms with Crippen LogP contribution in [0.2, 0.25) is 0 Å². The van der Waals surface area contributed by atoms with Crippen molar-refractivity contribution in [3.63, 3.8) is 0 Å². The number of benzene rings is 1. The first-order valence-electron chi connectivity index (χ1n) is 8.61. The van der Waals surface area contributed by atoms with E-state index in [1.807, 2.05) is 6.07 Å². The molecule has 0 spiro atoms. The summed E-state index contributed by atoms with van der Waals surface area (Å²) < 4.78 is 15.5. The SMILES string of the molecule is COC(=O)CN(Cc1ccc2c(c1)C(CC(=O)O)CO2)C(=O)OC(C)(C)C. The topological polar surface area (TPSA) is 102 Å². The molecule has 1 aromatic rings. The first-order chi connectivity index (χ1) is 12.6. The number of amides is 1. The number of hydrogen-bond donors (Lipinski definition) is 1. The van der Waals surface area contributed by atoms with Gasteiger partial charge in [-0.25, -0.2) is 4.79 Å². The van der Waals surface area contributed by atoms with Crippen LogP contribution in [0.5, 0.6) is 5.75 Å². The van der Waals surface area contributed by atoms with Crippen LogP contribution in [0.15, 0.2) is 18.2 Å². The molecular formula is C19H25NO7. The van der Waals surface area contributed by atoms with Crippen molar-refractivity contribution >= 4 is 18.0 Å². The molecule has 8 heteroatoms. The third-order valence-electron chi connectivity index (χ3n) is 3.95. The second kappa shape index (κ2) is 8.28. The lowest BCUT2D eigenvalue weighted by Crippen LogP contribution is -2.39. The normalized spacial score (nSPS) is 15.5. The van der Waals surface area contributed by atoms with E-state index in [-0.39, 0.29) is 25.4 Å². The molecule has 2 rings (SSSR count). The van der Waals surface area contributed by atoms with Gasteiger partial charge in [0.2, 0.25) is 0 Å². The number of carboxylic acid groups (broad SMARTS) is 1. The number of fused-ring (bicyclic) bond motifs is 1. The second-order valence-electron chi connectivity index (χ2n) is 7.39. The molecule has 0 bridgehead atoms. The number of esters is 1. The summed E-state index contributed by atoms with van der Waals surface area (Å²) in [6.45, 7) is 5.40. The highest BCUT2D eigenvalue weighted by molar-refractivity contribution is 5.78. The standard InChI is InChI=1S/C19H25NO7/c1-19(2,3)27-18(24)20(10-17(23)25-4)9-12-5-6-15-14(7-12)13(11-26-15)8-16(21)22/h5-7,13H,8-11H2,1-4H3,(H,21,22). The van der Waals surface area contributed by atoms with E-state index in [0.717, 1.165) is 11.1 Å². The molecule has 1 aliphatic heterocycles. The van der Waals surface area contributed by atoms with Gasteiger partial charge in [-0.3, -0.25) is 14.5 Å². The lowest BCUT2D eigenvalue weighted by Gasteiger charge is -2.27. The molecule has 0 aromatic heterocycles. The zero-order valence-electron chi connectivity index (χ0n) is 16.0. The van der Waals surface area contributed by atoms with Crippen LogP contribution in [0.3, 0.4) is 0 Å². The van der Waals surface area contributed by atoms with Gasteiger partial charge in [0.1, 0.15) is 17.9 Å². The van der Waals surface area contributed by atoms with Crippen LogP contribution >= 0.6 is 0 Å². The number of carboxylic acids is 1. The number of ether oxygens (including phenoxy) is 3. The van der Waals surface area contributed by atoms with Crippen LogP contribution in [0.1, 0.15) is 44.2 Å². The fourth-order valence-corrected chi connectivity index (χ4v) is 2.76. The van der Waals surface area contributed by atoms with E-state index in [9.17, 15) is 14.4 Å². The molecule has 1 aliphatic rings. The highest BCUT2D eigenvalue weighted by atomic mass is 16.6. The zero-order chi connectivity index (χ0) is 20.2. The van der Waals surface area contributed by atoms with Crippen molar-refractivity contribution in [1.82, 2.24) is 4.90 Å². The molecule has 0 saturated heterocycles. The third-order valence-corrected chi connectivity index (χ3v) is 3.95. The molecule has 0 fully saturated rings. The van der Waals surface area contributed by atoms with Crippen LogP contribution < -0.4 is 4.74 Å². The highest BCUT2D eigenvalue weighted by Crippen LogP contribution is 2.36. The van der Waals surface area contributed by atoms with Crippen molar-refractivity contribution in [3.8, 4) is 5.75 Å². The molecule has 27 heavy (non-hydrogen) atoms. The first kappa shape index (κ1) is 20.5. The Labute approximate surface area is 158 Å². The van der Waals surface area contributed by atoms with Crippen molar-refractivity contribution in [3.05, 3.63) is 29.3 Å². The van der Waals surface area contributed by atoms with Crippen LogP contribution in [0.25, 0.3) is 0 Å². The summed E-state index contributed by atoms with van der Waals surface area (Å²) in [5.41, 5.74) is 0.825. The molecule has 8 nitrogen and oxygen atoms in total. The summed E-state index contributed by atoms with van der Waals surface area (Å²) in [5, 5.41) is 9.05. The van der Waals surface area contributed by atoms with E-state index in [1.165, 1.54) is 12.0 Å². The van der Waals surface area contributed by atoms with E-state index in [0.29, 0.717) is 12.4 Å². The molecule has 0 aliphatic carbocycles. The van der Waals surface area contributed by atoms with E-state index < -0.39 is 23.6 Å². The first-order valence-corrected chi connectivity index (χ1v) is 8.61. The molecule has 0 radical (unpaired) electrons. The smallest absolute Gasteiger partial charge is 0.411 e. The average molecular weight is 379 g/mol. The largest absolute Gasteiger partial charge is 0.493 e. The fraction of sp³-hybridized carbons (Fsp3) is 0.526. The molecule has 0 saturated carbocycles. The van der Waals surface area contributed by atoms with Gasteiger partial charge in [0, 0.05) is 18.0 Å². The van der Waals surface area contributed by atoms with Gasteiger partial charge in [0.15, 0.2) is 0 Å². The van der Waals surface area contributed by atoms with Gasteiger partial charge in [-0.1, -0.05) is 6.07 Å². The van der Waals surface area contributed by atoms with E-state index in [1.54, 1.807) is 32.9 Å². The van der Waals surface area contributed by atoms with Gasteiger partial charge in [-0.2, -0.15) is 0 Å². The van der Waals surface area contributed by atoms with E-state index in [4.69, 9.17) is 14.6 Å². The summed E-state index contributed by atoms with van der Waals surface area (Å²) in [6, 6.07) is 5.33. The number of carbonyl (C=O) groups excluding carboxylic acids is 2. The number of rotatable bonds is 6. The molecule has 1 amide bonds. The number of nitrogens with zero attached hydrogens (tertiary/aromatic N) is 1. The van der Waals surface area contributed by atoms with E-state index in [2.05, 4.69) is 4.74 Å². The van der Waals surface area contributed by atoms with Gasteiger partial charge < -0.3 is 19.3 Å². The number of carbonyl (C=O) groups is 3. The second-order valence-corrected chi connectivity index (χ2v) is 7.39. The Morgan fingerprint density at radius 1 is 1.30 bits per heavy atom. The Bertz CT molecular complexity index is 723. The Kier molecular flexibility index (Phi) is 6.30. The molecule has 1 N–H and O–H groups in total. The van der Waals surface area contributed by atoms with E-state index >= 15 is 0 Å². The highest BCUT2D eigenvalue weighted by Gasteiger charge is 2.28. The summed E-state index contributed by atoms with van der Waals surface area (Å²) in [4.78, 5) is 36.4. The van der Waals surface area contributed by atoms with Crippen LogP contribution in [0, 0.1) is 0 Å². The third kappa shape index (κ3) is 5.87. The number of hydrogen-bond acceptors (Lipinski definition) is 6. The van der Waals surface area contributed by atoms with Crippen molar-refractivity contribution in [2.75, 3.05) is 20.3 Å². The summed E-state index contributed by atoms with van der Waals surface area (Å²) in [6.07, 6.45) is -0.666. The van der Waals surface area contributed by atoms with Crippen molar-refractivity contribution in [1.29, 1.82) is 0 Å². The van der Waals surface area contributed by atoms with Crippen molar-refractivity contribution in [2.45, 2.75) is 45.3 Å². The number of methoxy groups -OCH3 is 1. The maximum absolute atomic E-state index is 12.5. The maximum Gasteiger partial charge on any atom is 0.411 e. The Balaban J connectivity index is 2.20. The lowest BCUT2D eigenvalue weighted by atomic mass is 9.96. The molecule has 1 unspecified atom stereocenters. The minimum Gasteiger partial charge on any atom is -0.493 e. The molecular weight excluding hydrogens is 354 g/mol. The van der Waals surface area contributed by atoms with Crippen LogP contribution in [0.4, 0.5) is 4.79 Å². The summed E-state index contributed by atoms with van der Waals surface area (Å²) in [5.74, 6) is -1.06. The monoisotopic (exact) mass is 379 g/mol. The summed E-state index contributed by atoms with van der Waals surface area (Å²) >= 11 is 0. The minimum absolute atomic E-state index is 0.0333. The van der Waals surface area contributed by atoms with Gasteiger partial charge in [-0.15, -0.1) is 0 Å². The van der Waals surface area contributed by atoms with Gasteiger partial charge >= 0.3 is 18.0 Å². The van der Waals surface area contributed by atoms with Crippen molar-refractivity contribution in [2.24, 2.45) is 0 Å². The predicted octanol–water partition coefficient (Wildman–Crippen LogP) is 2.55. The molecule has 1 aromatic carbocycles. The molecule has 148 valence electrons. The quantitative estimate of drug-likeness (QED) is 0.758. The zero-order valence-corrected chi connectivity index (χ0v) is 16.0. The Morgan fingerprint density at radius 3 is 2.59 bits per heavy atom. The number of aliphatic carboxylic acids is 1. The maximum atomic E-state index is 12.5. The molecule has 1 atom stereocenters. The van der Waals surface area contributed by atoms with Crippen LogP contribution in [-0.2, 0) is 25.6 Å². The van der Waals surface area contributed by atoms with Crippen molar-refractivity contribution < 1.29 is 33.7 Å². The fourth-order valence-electron chi connectivity index (χ4n) is 2.76. The molecule has 1 heterocycles.